The van der Waals surface area contributed by atoms with Crippen LogP contribution in [0.2, 0.25) is 0 Å². The highest BCUT2D eigenvalue weighted by atomic mass is 16.5. The van der Waals surface area contributed by atoms with Crippen molar-refractivity contribution in [2.45, 2.75) is 33.7 Å². The molecule has 7 N–H and O–H groups in total. The quantitative estimate of drug-likeness (QED) is 0.507. The molecule has 1 aliphatic heterocycles. The van der Waals surface area contributed by atoms with Gasteiger partial charge in [0.05, 0.1) is 23.9 Å². The van der Waals surface area contributed by atoms with Crippen LogP contribution < -0.4 is 17.7 Å². The molecule has 0 aromatic carbocycles. The first-order chi connectivity index (χ1) is 7.90. The second kappa shape index (κ2) is 6.36. The molecule has 0 spiro atoms. The molecule has 1 rings (SSSR count). The Bertz CT molecular complexity index is 381. The van der Waals surface area contributed by atoms with Crippen LogP contribution in [0.25, 0.3) is 0 Å². The van der Waals surface area contributed by atoms with Crippen LogP contribution in [-0.4, -0.2) is 29.6 Å². The van der Waals surface area contributed by atoms with Gasteiger partial charge in [0.15, 0.2) is 0 Å². The van der Waals surface area contributed by atoms with Crippen molar-refractivity contribution in [3.05, 3.63) is 11.3 Å². The number of rotatable bonds is 3. The Hall–Kier alpha value is -1.60. The summed E-state index contributed by atoms with van der Waals surface area (Å²) in [5.41, 5.74) is 6.75. The molecule has 0 saturated carbocycles. The molecule has 0 fully saturated rings. The lowest BCUT2D eigenvalue weighted by molar-refractivity contribution is -0.139. The first kappa shape index (κ1) is 16.4. The van der Waals surface area contributed by atoms with Crippen molar-refractivity contribution in [2.24, 2.45) is 22.5 Å². The number of carbonyl (C=O) groups excluding carboxylic acids is 1. The van der Waals surface area contributed by atoms with Crippen LogP contribution in [0.3, 0.4) is 0 Å². The standard InChI is InChI=1S/C11H20N4O2.H3N.H2/c1-5-17-10(16)8-7(4)14-11(12)15(13)9(8)6(2)3;;/h6,9H,5,13H2,1-4H3,(H2,12,14);1H3;1H. The Morgan fingerprint density at radius 1 is 1.61 bits per heavy atom. The summed E-state index contributed by atoms with van der Waals surface area (Å²) in [7, 11) is 0. The fraction of sp³-hybridized carbons (Fsp3) is 0.636. The van der Waals surface area contributed by atoms with E-state index >= 15 is 0 Å². The molecule has 0 amide bonds. The first-order valence-corrected chi connectivity index (χ1v) is 5.66. The molecule has 1 atom stereocenters. The Labute approximate surface area is 109 Å². The Morgan fingerprint density at radius 3 is 2.61 bits per heavy atom. The van der Waals surface area contributed by atoms with Gasteiger partial charge in [-0.25, -0.2) is 15.6 Å². The van der Waals surface area contributed by atoms with Crippen LogP contribution in [0.5, 0.6) is 0 Å². The summed E-state index contributed by atoms with van der Waals surface area (Å²) in [6.45, 7) is 7.76. The van der Waals surface area contributed by atoms with E-state index in [1.54, 1.807) is 13.8 Å². The van der Waals surface area contributed by atoms with Crippen LogP contribution in [0.4, 0.5) is 0 Å². The zero-order valence-electron chi connectivity index (χ0n) is 11.4. The van der Waals surface area contributed by atoms with Crippen molar-refractivity contribution in [3.63, 3.8) is 0 Å². The summed E-state index contributed by atoms with van der Waals surface area (Å²) in [6, 6.07) is -0.299. The van der Waals surface area contributed by atoms with Gasteiger partial charge in [0, 0.05) is 1.43 Å². The summed E-state index contributed by atoms with van der Waals surface area (Å²) < 4.78 is 5.03. The van der Waals surface area contributed by atoms with E-state index in [4.69, 9.17) is 16.3 Å². The number of aliphatic imine (C=N–C) groups is 1. The van der Waals surface area contributed by atoms with Gasteiger partial charge in [-0.3, -0.25) is 5.01 Å². The number of nitrogens with zero attached hydrogens (tertiary/aromatic N) is 2. The Morgan fingerprint density at radius 2 is 2.17 bits per heavy atom. The fourth-order valence-electron chi connectivity index (χ4n) is 1.92. The third-order valence-electron chi connectivity index (χ3n) is 2.66. The van der Waals surface area contributed by atoms with E-state index in [0.29, 0.717) is 17.9 Å². The van der Waals surface area contributed by atoms with Gasteiger partial charge in [0.25, 0.3) is 0 Å². The third-order valence-corrected chi connectivity index (χ3v) is 2.66. The highest BCUT2D eigenvalue weighted by molar-refractivity contribution is 5.94. The van der Waals surface area contributed by atoms with Crippen molar-refractivity contribution >= 4 is 11.9 Å². The number of hydrazine groups is 1. The van der Waals surface area contributed by atoms with Gasteiger partial charge in [0.2, 0.25) is 5.96 Å². The summed E-state index contributed by atoms with van der Waals surface area (Å²) in [4.78, 5) is 16.0. The van der Waals surface area contributed by atoms with Crippen LogP contribution in [0.1, 0.15) is 29.1 Å². The van der Waals surface area contributed by atoms with Gasteiger partial charge in [-0.2, -0.15) is 0 Å². The van der Waals surface area contributed by atoms with E-state index < -0.39 is 0 Å². The Kier molecular flexibility index (Phi) is 5.80. The lowest BCUT2D eigenvalue weighted by atomic mass is 9.93. The lowest BCUT2D eigenvalue weighted by Crippen LogP contribution is -2.55. The topological polar surface area (TPSA) is 129 Å². The average molecular weight is 259 g/mol. The van der Waals surface area contributed by atoms with Crippen molar-refractivity contribution in [1.82, 2.24) is 11.2 Å². The smallest absolute Gasteiger partial charge is 0.338 e. The second-order valence-corrected chi connectivity index (χ2v) is 4.29. The molecule has 1 unspecified atom stereocenters. The van der Waals surface area contributed by atoms with Gasteiger partial charge in [-0.1, -0.05) is 13.8 Å². The Balaban J connectivity index is 0. The van der Waals surface area contributed by atoms with Gasteiger partial charge in [-0.05, 0) is 19.8 Å². The summed E-state index contributed by atoms with van der Waals surface area (Å²) >= 11 is 0. The summed E-state index contributed by atoms with van der Waals surface area (Å²) in [6.07, 6.45) is 0. The van der Waals surface area contributed by atoms with E-state index in [9.17, 15) is 4.79 Å². The molecule has 0 radical (unpaired) electrons. The van der Waals surface area contributed by atoms with E-state index in [2.05, 4.69) is 4.99 Å². The monoisotopic (exact) mass is 259 g/mol. The van der Waals surface area contributed by atoms with Crippen molar-refractivity contribution < 1.29 is 11.0 Å². The largest absolute Gasteiger partial charge is 0.463 e. The number of ether oxygens (including phenoxy) is 1. The maximum Gasteiger partial charge on any atom is 0.338 e. The minimum atomic E-state index is -0.379. The number of esters is 1. The van der Waals surface area contributed by atoms with Gasteiger partial charge in [-0.15, -0.1) is 0 Å². The molecule has 0 aliphatic carbocycles. The molecular weight excluding hydrogens is 234 g/mol. The molecule has 0 saturated heterocycles. The highest BCUT2D eigenvalue weighted by Gasteiger charge is 2.35. The zero-order chi connectivity index (χ0) is 13.2. The summed E-state index contributed by atoms with van der Waals surface area (Å²) in [5.74, 6) is 5.81. The minimum absolute atomic E-state index is 0. The van der Waals surface area contributed by atoms with E-state index in [-0.39, 0.29) is 31.5 Å². The van der Waals surface area contributed by atoms with E-state index in [1.165, 1.54) is 5.01 Å². The van der Waals surface area contributed by atoms with Crippen LogP contribution >= 0.6 is 0 Å². The van der Waals surface area contributed by atoms with Crippen LogP contribution in [-0.2, 0) is 9.53 Å². The number of nitrogens with two attached hydrogens (primary N) is 2. The number of guanidine groups is 1. The average Bonchev–Trinajstić information content (AvgIpc) is 2.22. The normalized spacial score (nSPS) is 19.6. The number of hydrogen-bond donors (Lipinski definition) is 3. The predicted molar refractivity (Wildman–Crippen MR) is 72.7 cm³/mol. The maximum absolute atomic E-state index is 11.9. The number of allylic oxidation sites excluding steroid dienone is 1. The molecule has 106 valence electrons. The van der Waals surface area contributed by atoms with Crippen molar-refractivity contribution in [2.75, 3.05) is 6.61 Å². The molecule has 0 aromatic rings. The maximum atomic E-state index is 11.9. The van der Waals surface area contributed by atoms with Crippen LogP contribution in [0.15, 0.2) is 16.3 Å². The van der Waals surface area contributed by atoms with Crippen molar-refractivity contribution in [1.29, 1.82) is 0 Å². The molecule has 18 heavy (non-hydrogen) atoms. The number of carbonyl (C=O) groups is 1. The van der Waals surface area contributed by atoms with Crippen molar-refractivity contribution in [3.8, 4) is 0 Å². The number of hydrogen-bond acceptors (Lipinski definition) is 7. The molecule has 1 heterocycles. The molecular formula is C11H25N5O2. The molecule has 1 aliphatic rings. The predicted octanol–water partition coefficient (Wildman–Crippen LogP) is 0.760. The third kappa shape index (κ3) is 2.99. The zero-order valence-corrected chi connectivity index (χ0v) is 11.4. The first-order valence-electron chi connectivity index (χ1n) is 5.66. The summed E-state index contributed by atoms with van der Waals surface area (Å²) in [5, 5.41) is 1.32. The molecule has 0 aromatic heterocycles. The SMILES string of the molecule is CCOC(=O)C1=C(C)N=C(N)N(N)C1C(C)C.N.[HH]. The minimum Gasteiger partial charge on any atom is -0.463 e. The molecule has 0 bridgehead atoms. The molecule has 7 nitrogen and oxygen atoms in total. The lowest BCUT2D eigenvalue weighted by Gasteiger charge is -2.35. The van der Waals surface area contributed by atoms with E-state index in [1.807, 2.05) is 13.8 Å². The molecule has 7 heteroatoms. The van der Waals surface area contributed by atoms with Crippen LogP contribution in [0, 0.1) is 5.92 Å². The second-order valence-electron chi connectivity index (χ2n) is 4.29. The van der Waals surface area contributed by atoms with Gasteiger partial charge >= 0.3 is 5.97 Å². The van der Waals surface area contributed by atoms with Gasteiger partial charge < -0.3 is 16.6 Å². The fourth-order valence-corrected chi connectivity index (χ4v) is 1.92. The highest BCUT2D eigenvalue weighted by Crippen LogP contribution is 2.25. The van der Waals surface area contributed by atoms with Gasteiger partial charge in [0.1, 0.15) is 0 Å². The van der Waals surface area contributed by atoms with E-state index in [0.717, 1.165) is 0 Å².